The van der Waals surface area contributed by atoms with Crippen LogP contribution in [0.15, 0.2) is 30.6 Å². The molecule has 1 saturated heterocycles. The maximum absolute atomic E-state index is 10.9. The van der Waals surface area contributed by atoms with Crippen LogP contribution < -0.4 is 10.2 Å². The molecule has 1 atom stereocenters. The van der Waals surface area contributed by atoms with Crippen molar-refractivity contribution in [1.82, 2.24) is 25.1 Å². The molecule has 1 aliphatic heterocycles. The molecule has 8 heteroatoms. The van der Waals surface area contributed by atoms with E-state index in [0.29, 0.717) is 28.0 Å². The molecule has 0 radical (unpaired) electrons. The molecule has 6 rings (SSSR count). The second kappa shape index (κ2) is 6.80. The van der Waals surface area contributed by atoms with Gasteiger partial charge in [-0.25, -0.2) is 9.97 Å². The number of aromatic hydroxyl groups is 1. The molecule has 1 aliphatic carbocycles. The van der Waals surface area contributed by atoms with Crippen molar-refractivity contribution >= 4 is 39.2 Å². The van der Waals surface area contributed by atoms with Gasteiger partial charge in [-0.1, -0.05) is 11.6 Å². The van der Waals surface area contributed by atoms with Gasteiger partial charge in [0.25, 0.3) is 0 Å². The van der Waals surface area contributed by atoms with Gasteiger partial charge in [0.05, 0.1) is 28.1 Å². The topological polar surface area (TPSA) is 79.1 Å². The zero-order valence-electron chi connectivity index (χ0n) is 18.4. The first-order chi connectivity index (χ1) is 15.3. The molecule has 0 amide bonds. The Balaban J connectivity index is 1.42. The average Bonchev–Trinajstić information content (AvgIpc) is 3.37. The van der Waals surface area contributed by atoms with Crippen LogP contribution >= 0.6 is 11.6 Å². The molecule has 4 heterocycles. The number of aromatic nitrogens is 4. The summed E-state index contributed by atoms with van der Waals surface area (Å²) >= 11 is 6.73. The van der Waals surface area contributed by atoms with Gasteiger partial charge in [-0.3, -0.25) is 4.68 Å². The van der Waals surface area contributed by atoms with Crippen molar-refractivity contribution < 1.29 is 5.11 Å². The summed E-state index contributed by atoms with van der Waals surface area (Å²) in [4.78, 5) is 11.8. The molecule has 1 saturated carbocycles. The molecular formula is C24H25ClN6O. The van der Waals surface area contributed by atoms with Crippen LogP contribution in [0, 0.1) is 6.92 Å². The van der Waals surface area contributed by atoms with Gasteiger partial charge in [0.1, 0.15) is 5.75 Å². The van der Waals surface area contributed by atoms with Gasteiger partial charge in [0.2, 0.25) is 0 Å². The number of nitrogens with one attached hydrogen (secondary N) is 1. The van der Waals surface area contributed by atoms with Crippen LogP contribution in [0.1, 0.15) is 25.3 Å². The number of piperazine rings is 1. The fourth-order valence-corrected chi connectivity index (χ4v) is 5.27. The zero-order chi connectivity index (χ0) is 22.2. The fourth-order valence-electron chi connectivity index (χ4n) is 5.03. The number of hydrogen-bond donors (Lipinski definition) is 2. The van der Waals surface area contributed by atoms with Crippen molar-refractivity contribution in [2.24, 2.45) is 7.05 Å². The van der Waals surface area contributed by atoms with Crippen molar-refractivity contribution in [1.29, 1.82) is 0 Å². The molecule has 32 heavy (non-hydrogen) atoms. The highest BCUT2D eigenvalue weighted by Gasteiger charge is 2.47. The number of aryl methyl sites for hydroxylation is 2. The highest BCUT2D eigenvalue weighted by Crippen LogP contribution is 2.41. The SMILES string of the molecule is Cc1c(O)c(-c2cc(Cl)c3cc(N4C[C@@H](C)NC5(CC5)C4)cnc3n2)cc2cn(C)nc12. The standard InChI is InChI=1S/C24H25ClN6O/c1-13-10-31(12-24(28-13)4-5-24)16-7-17-19(25)8-20(27-23(17)26-9-16)18-6-15-11-30(3)29-21(15)14(2)22(18)32/h6-9,11,13,28,32H,4-5,10,12H2,1-3H3/t13-/m1/s1. The van der Waals surface area contributed by atoms with E-state index in [-0.39, 0.29) is 11.3 Å². The molecule has 7 nitrogen and oxygen atoms in total. The molecule has 0 bridgehead atoms. The van der Waals surface area contributed by atoms with Crippen LogP contribution in [0.2, 0.25) is 5.02 Å². The number of halogens is 1. The quantitative estimate of drug-likeness (QED) is 0.479. The van der Waals surface area contributed by atoms with Crippen LogP contribution in [0.4, 0.5) is 5.69 Å². The Bertz CT molecular complexity index is 1390. The van der Waals surface area contributed by atoms with E-state index in [1.807, 2.05) is 38.5 Å². The summed E-state index contributed by atoms with van der Waals surface area (Å²) in [6, 6.07) is 6.24. The van der Waals surface area contributed by atoms with E-state index in [2.05, 4.69) is 33.3 Å². The second-order valence-corrected chi connectivity index (χ2v) is 9.81. The van der Waals surface area contributed by atoms with Crippen LogP contribution in [0.5, 0.6) is 5.75 Å². The predicted molar refractivity (Wildman–Crippen MR) is 127 cm³/mol. The van der Waals surface area contributed by atoms with Gasteiger partial charge in [0, 0.05) is 59.8 Å². The Hall–Kier alpha value is -2.90. The summed E-state index contributed by atoms with van der Waals surface area (Å²) in [6.45, 7) is 6.03. The fraction of sp³-hybridized carbons (Fsp3) is 0.375. The number of rotatable bonds is 2. The van der Waals surface area contributed by atoms with E-state index in [0.717, 1.165) is 40.6 Å². The molecule has 3 aromatic heterocycles. The number of phenols is 1. The lowest BCUT2D eigenvalue weighted by atomic mass is 10.0. The number of pyridine rings is 2. The van der Waals surface area contributed by atoms with Gasteiger partial charge < -0.3 is 15.3 Å². The van der Waals surface area contributed by atoms with E-state index < -0.39 is 0 Å². The number of phenolic OH excluding ortho intramolecular Hbond substituents is 1. The minimum absolute atomic E-state index is 0.167. The molecular weight excluding hydrogens is 424 g/mol. The summed E-state index contributed by atoms with van der Waals surface area (Å²) < 4.78 is 1.74. The van der Waals surface area contributed by atoms with E-state index in [1.54, 1.807) is 4.68 Å². The number of anilines is 1. The zero-order valence-corrected chi connectivity index (χ0v) is 19.1. The third kappa shape index (κ3) is 3.11. The van der Waals surface area contributed by atoms with Gasteiger partial charge >= 0.3 is 0 Å². The van der Waals surface area contributed by atoms with Gasteiger partial charge in [0.15, 0.2) is 5.65 Å². The van der Waals surface area contributed by atoms with Crippen molar-refractivity contribution in [2.75, 3.05) is 18.0 Å². The highest BCUT2D eigenvalue weighted by molar-refractivity contribution is 6.35. The van der Waals surface area contributed by atoms with E-state index in [9.17, 15) is 5.11 Å². The summed E-state index contributed by atoms with van der Waals surface area (Å²) in [5.74, 6) is 0.167. The van der Waals surface area contributed by atoms with Gasteiger partial charge in [-0.05, 0) is 44.9 Å². The first kappa shape index (κ1) is 19.8. The van der Waals surface area contributed by atoms with Crippen LogP contribution in [0.25, 0.3) is 33.2 Å². The summed E-state index contributed by atoms with van der Waals surface area (Å²) in [7, 11) is 1.87. The normalized spacial score (nSPS) is 19.9. The van der Waals surface area contributed by atoms with Crippen molar-refractivity contribution in [3.8, 4) is 17.0 Å². The first-order valence-electron chi connectivity index (χ1n) is 11.0. The molecule has 2 aliphatic rings. The maximum atomic E-state index is 10.9. The number of fused-ring (bicyclic) bond motifs is 2. The maximum Gasteiger partial charge on any atom is 0.161 e. The van der Waals surface area contributed by atoms with Gasteiger partial charge in [-0.15, -0.1) is 0 Å². The minimum atomic E-state index is 0.167. The Morgan fingerprint density at radius 2 is 2.06 bits per heavy atom. The first-order valence-corrected chi connectivity index (χ1v) is 11.3. The molecule has 4 aromatic rings. The Morgan fingerprint density at radius 1 is 1.25 bits per heavy atom. The largest absolute Gasteiger partial charge is 0.507 e. The van der Waals surface area contributed by atoms with E-state index in [1.165, 1.54) is 12.8 Å². The number of hydrogen-bond acceptors (Lipinski definition) is 6. The van der Waals surface area contributed by atoms with Crippen molar-refractivity contribution in [3.05, 3.63) is 41.2 Å². The lowest BCUT2D eigenvalue weighted by Gasteiger charge is -2.39. The van der Waals surface area contributed by atoms with Crippen molar-refractivity contribution in [3.63, 3.8) is 0 Å². The Labute approximate surface area is 191 Å². The molecule has 2 fully saturated rings. The predicted octanol–water partition coefficient (Wildman–Crippen LogP) is 4.18. The second-order valence-electron chi connectivity index (χ2n) is 9.40. The number of nitrogens with zero attached hydrogens (tertiary/aromatic N) is 5. The summed E-state index contributed by atoms with van der Waals surface area (Å²) in [6.07, 6.45) is 6.27. The molecule has 0 unspecified atom stereocenters. The average molecular weight is 449 g/mol. The third-order valence-corrected chi connectivity index (χ3v) is 7.07. The summed E-state index contributed by atoms with van der Waals surface area (Å²) in [5.41, 5.74) is 4.64. The molecule has 164 valence electrons. The molecule has 1 aromatic carbocycles. The van der Waals surface area contributed by atoms with Gasteiger partial charge in [-0.2, -0.15) is 5.10 Å². The van der Waals surface area contributed by atoms with Crippen LogP contribution in [-0.4, -0.2) is 49.5 Å². The lowest BCUT2D eigenvalue weighted by Crippen LogP contribution is -2.57. The monoisotopic (exact) mass is 448 g/mol. The van der Waals surface area contributed by atoms with E-state index in [4.69, 9.17) is 16.6 Å². The lowest BCUT2D eigenvalue weighted by molar-refractivity contribution is 0.372. The third-order valence-electron chi connectivity index (χ3n) is 6.76. The number of benzene rings is 1. The minimum Gasteiger partial charge on any atom is -0.507 e. The summed E-state index contributed by atoms with van der Waals surface area (Å²) in [5, 5.41) is 21.4. The van der Waals surface area contributed by atoms with Crippen LogP contribution in [0.3, 0.4) is 0 Å². The van der Waals surface area contributed by atoms with E-state index >= 15 is 0 Å². The Morgan fingerprint density at radius 3 is 2.84 bits per heavy atom. The molecule has 2 N–H and O–H groups in total. The molecule has 1 spiro atoms. The van der Waals surface area contributed by atoms with Crippen LogP contribution in [-0.2, 0) is 7.05 Å². The Kier molecular flexibility index (Phi) is 4.20. The van der Waals surface area contributed by atoms with Crippen molar-refractivity contribution in [2.45, 2.75) is 38.3 Å². The smallest absolute Gasteiger partial charge is 0.161 e. The highest BCUT2D eigenvalue weighted by atomic mass is 35.5.